The topological polar surface area (TPSA) is 94.1 Å². The lowest BCUT2D eigenvalue weighted by Crippen LogP contribution is -2.23. The van der Waals surface area contributed by atoms with E-state index in [0.717, 1.165) is 27.4 Å². The summed E-state index contributed by atoms with van der Waals surface area (Å²) in [6, 6.07) is 18.7. The molecule has 3 aromatic carbocycles. The molecule has 0 atom stereocenters. The number of primary sulfonamides is 1. The van der Waals surface area contributed by atoms with Crippen molar-refractivity contribution in [1.29, 1.82) is 0 Å². The van der Waals surface area contributed by atoms with Gasteiger partial charge < -0.3 is 4.74 Å². The van der Waals surface area contributed by atoms with E-state index in [0.29, 0.717) is 24.2 Å². The fourth-order valence-electron chi connectivity index (χ4n) is 4.26. The zero-order valence-corrected chi connectivity index (χ0v) is 18.9. The third-order valence-corrected chi connectivity index (χ3v) is 6.51. The van der Waals surface area contributed by atoms with Gasteiger partial charge in [-0.05, 0) is 54.3 Å². The Bertz CT molecular complexity index is 1390. The monoisotopic (exact) mass is 447 g/mol. The number of nitrogens with zero attached hydrogens (tertiary/aromatic N) is 2. The molecule has 0 unspecified atom stereocenters. The SMILES string of the molecule is C=CCc1c(S(N)(=O)=O)ccc(CC2(C)N=c3ccccc3=N2)c1-c1ccccc1OC. The lowest BCUT2D eigenvalue weighted by Gasteiger charge is -2.24. The summed E-state index contributed by atoms with van der Waals surface area (Å²) in [6.45, 7) is 5.80. The predicted octanol–water partition coefficient (Wildman–Crippen LogP) is 2.95. The number of rotatable bonds is 7. The highest BCUT2D eigenvalue weighted by molar-refractivity contribution is 7.89. The number of para-hydroxylation sites is 3. The second kappa shape index (κ2) is 8.33. The van der Waals surface area contributed by atoms with Gasteiger partial charge in [-0.15, -0.1) is 6.58 Å². The Morgan fingerprint density at radius 1 is 1.03 bits per heavy atom. The van der Waals surface area contributed by atoms with Crippen LogP contribution in [0.25, 0.3) is 11.1 Å². The maximum atomic E-state index is 12.4. The molecule has 7 heteroatoms. The van der Waals surface area contributed by atoms with Crippen molar-refractivity contribution in [2.45, 2.75) is 30.3 Å². The third kappa shape index (κ3) is 4.09. The smallest absolute Gasteiger partial charge is 0.238 e. The van der Waals surface area contributed by atoms with E-state index in [4.69, 9.17) is 19.9 Å². The van der Waals surface area contributed by atoms with E-state index in [1.807, 2.05) is 55.5 Å². The first kappa shape index (κ1) is 21.9. The Balaban J connectivity index is 1.98. The molecule has 0 spiro atoms. The predicted molar refractivity (Wildman–Crippen MR) is 125 cm³/mol. The van der Waals surface area contributed by atoms with Gasteiger partial charge in [-0.1, -0.05) is 42.5 Å². The standard InChI is InChI=1S/C25H25N3O3S/c1-4-9-19-23(32(26,29)30)15-14-17(24(19)18-10-5-8-13-22(18)31-3)16-25(2)27-20-11-6-7-12-21(20)28-25/h4-8,10-15H,1,9,16H2,2-3H3,(H2,26,29,30). The first-order valence-corrected chi connectivity index (χ1v) is 11.8. The van der Waals surface area contributed by atoms with Gasteiger partial charge in [-0.25, -0.2) is 13.6 Å². The molecule has 0 aliphatic carbocycles. The van der Waals surface area contributed by atoms with Gasteiger partial charge in [0, 0.05) is 12.0 Å². The molecule has 0 fully saturated rings. The summed E-state index contributed by atoms with van der Waals surface area (Å²) in [5, 5.41) is 7.27. The summed E-state index contributed by atoms with van der Waals surface area (Å²) in [7, 11) is -2.35. The maximum absolute atomic E-state index is 12.4. The molecular formula is C25H25N3O3S. The molecule has 1 heterocycles. The van der Waals surface area contributed by atoms with Crippen LogP contribution < -0.4 is 20.6 Å². The van der Waals surface area contributed by atoms with Gasteiger partial charge in [-0.3, -0.25) is 9.98 Å². The van der Waals surface area contributed by atoms with E-state index < -0.39 is 15.7 Å². The molecule has 1 aliphatic heterocycles. The minimum Gasteiger partial charge on any atom is -0.496 e. The van der Waals surface area contributed by atoms with Crippen molar-refractivity contribution < 1.29 is 13.2 Å². The average molecular weight is 448 g/mol. The minimum atomic E-state index is -3.94. The first-order valence-electron chi connectivity index (χ1n) is 10.2. The highest BCUT2D eigenvalue weighted by Crippen LogP contribution is 2.39. The van der Waals surface area contributed by atoms with Gasteiger partial charge in [0.25, 0.3) is 0 Å². The van der Waals surface area contributed by atoms with Crippen molar-refractivity contribution in [3.05, 3.63) is 95.2 Å². The number of hydrogen-bond acceptors (Lipinski definition) is 5. The molecule has 164 valence electrons. The van der Waals surface area contributed by atoms with E-state index in [9.17, 15) is 8.42 Å². The summed E-state index contributed by atoms with van der Waals surface area (Å²) >= 11 is 0. The Labute approximate surface area is 187 Å². The molecule has 32 heavy (non-hydrogen) atoms. The van der Waals surface area contributed by atoms with Crippen LogP contribution >= 0.6 is 0 Å². The van der Waals surface area contributed by atoms with Crippen molar-refractivity contribution in [2.75, 3.05) is 7.11 Å². The fraction of sp³-hybridized carbons (Fsp3) is 0.200. The summed E-state index contributed by atoms with van der Waals surface area (Å²) in [5.41, 5.74) is 2.32. The van der Waals surface area contributed by atoms with Gasteiger partial charge in [0.05, 0.1) is 22.7 Å². The number of fused-ring (bicyclic) bond motifs is 1. The average Bonchev–Trinajstić information content (AvgIpc) is 3.09. The second-order valence-electron chi connectivity index (χ2n) is 7.92. The summed E-state index contributed by atoms with van der Waals surface area (Å²) in [6.07, 6.45) is 2.48. The minimum absolute atomic E-state index is 0.0794. The van der Waals surface area contributed by atoms with Gasteiger partial charge in [0.15, 0.2) is 5.66 Å². The number of methoxy groups -OCH3 is 1. The third-order valence-electron chi connectivity index (χ3n) is 5.52. The molecule has 0 radical (unpaired) electrons. The van der Waals surface area contributed by atoms with Crippen LogP contribution in [0, 0.1) is 0 Å². The van der Waals surface area contributed by atoms with E-state index in [2.05, 4.69) is 6.58 Å². The Kier molecular flexibility index (Phi) is 5.71. The van der Waals surface area contributed by atoms with E-state index >= 15 is 0 Å². The van der Waals surface area contributed by atoms with Crippen LogP contribution in [0.4, 0.5) is 0 Å². The van der Waals surface area contributed by atoms with Crippen molar-refractivity contribution in [3.8, 4) is 16.9 Å². The van der Waals surface area contributed by atoms with Crippen LogP contribution in [0.15, 0.2) is 88.2 Å². The van der Waals surface area contributed by atoms with Crippen molar-refractivity contribution in [3.63, 3.8) is 0 Å². The van der Waals surface area contributed by atoms with Crippen LogP contribution in [0.2, 0.25) is 0 Å². The zero-order valence-electron chi connectivity index (χ0n) is 18.1. The van der Waals surface area contributed by atoms with Gasteiger partial charge in [-0.2, -0.15) is 0 Å². The zero-order chi connectivity index (χ0) is 22.9. The summed E-state index contributed by atoms with van der Waals surface area (Å²) < 4.78 is 30.4. The maximum Gasteiger partial charge on any atom is 0.238 e. The summed E-state index contributed by atoms with van der Waals surface area (Å²) in [4.78, 5) is 9.76. The Hall–Kier alpha value is -3.29. The molecule has 0 amide bonds. The van der Waals surface area contributed by atoms with Crippen LogP contribution in [0.5, 0.6) is 5.75 Å². The highest BCUT2D eigenvalue weighted by Gasteiger charge is 2.29. The summed E-state index contributed by atoms with van der Waals surface area (Å²) in [5.74, 6) is 0.638. The molecule has 0 aromatic heterocycles. The van der Waals surface area contributed by atoms with Gasteiger partial charge in [0.1, 0.15) is 5.75 Å². The molecular weight excluding hydrogens is 422 g/mol. The van der Waals surface area contributed by atoms with Crippen LogP contribution in [0.3, 0.4) is 0 Å². The first-order chi connectivity index (χ1) is 15.3. The lowest BCUT2D eigenvalue weighted by molar-refractivity contribution is 0.416. The van der Waals surface area contributed by atoms with E-state index in [-0.39, 0.29) is 4.90 Å². The highest BCUT2D eigenvalue weighted by atomic mass is 32.2. The van der Waals surface area contributed by atoms with Gasteiger partial charge in [0.2, 0.25) is 10.0 Å². The molecule has 1 aliphatic rings. The second-order valence-corrected chi connectivity index (χ2v) is 9.45. The molecule has 0 saturated carbocycles. The molecule has 4 rings (SSSR count). The number of benzene rings is 3. The number of hydrogen-bond donors (Lipinski definition) is 1. The molecule has 0 bridgehead atoms. The lowest BCUT2D eigenvalue weighted by atomic mass is 9.88. The van der Waals surface area contributed by atoms with Crippen molar-refractivity contribution in [1.82, 2.24) is 0 Å². The quantitative estimate of drug-likeness (QED) is 0.564. The Morgan fingerprint density at radius 2 is 1.66 bits per heavy atom. The Morgan fingerprint density at radius 3 is 2.25 bits per heavy atom. The van der Waals surface area contributed by atoms with Gasteiger partial charge >= 0.3 is 0 Å². The number of ether oxygens (including phenoxy) is 1. The number of nitrogens with two attached hydrogens (primary N) is 1. The molecule has 2 N–H and O–H groups in total. The fourth-order valence-corrected chi connectivity index (χ4v) is 5.05. The van der Waals surface area contributed by atoms with E-state index in [1.54, 1.807) is 25.3 Å². The molecule has 6 nitrogen and oxygen atoms in total. The van der Waals surface area contributed by atoms with Crippen molar-refractivity contribution in [2.24, 2.45) is 15.1 Å². The van der Waals surface area contributed by atoms with Crippen molar-refractivity contribution >= 4 is 10.0 Å². The van der Waals surface area contributed by atoms with Crippen LogP contribution in [-0.2, 0) is 22.9 Å². The van der Waals surface area contributed by atoms with E-state index in [1.165, 1.54) is 0 Å². The normalized spacial score (nSPS) is 14.2. The van der Waals surface area contributed by atoms with Crippen LogP contribution in [-0.4, -0.2) is 21.2 Å². The molecule has 3 aromatic rings. The largest absolute Gasteiger partial charge is 0.496 e. The van der Waals surface area contributed by atoms with Crippen LogP contribution in [0.1, 0.15) is 18.1 Å². The molecule has 0 saturated heterocycles. The number of sulfonamides is 1. The number of allylic oxidation sites excluding steroid dienone is 1.